The van der Waals surface area contributed by atoms with Gasteiger partial charge in [-0.1, -0.05) is 37.6 Å². The minimum absolute atomic E-state index is 0.602. The lowest BCUT2D eigenvalue weighted by molar-refractivity contribution is 0.482. The predicted molar refractivity (Wildman–Crippen MR) is 67.7 cm³/mol. The maximum atomic E-state index is 6.11. The molecule has 84 valence electrons. The average Bonchev–Trinajstić information content (AvgIpc) is 2.66. The fourth-order valence-corrected chi connectivity index (χ4v) is 1.92. The van der Waals surface area contributed by atoms with Crippen molar-refractivity contribution in [3.63, 3.8) is 0 Å². The molecule has 0 aliphatic carbocycles. The number of rotatable bonds is 3. The van der Waals surface area contributed by atoms with Gasteiger partial charge in [0.25, 0.3) is 0 Å². The largest absolute Gasteiger partial charge is 0.461 e. The highest BCUT2D eigenvalue weighted by Crippen LogP contribution is 2.29. The van der Waals surface area contributed by atoms with E-state index in [1.165, 1.54) is 0 Å². The van der Waals surface area contributed by atoms with Crippen molar-refractivity contribution in [1.29, 1.82) is 0 Å². The molecule has 0 atom stereocenters. The van der Waals surface area contributed by atoms with Gasteiger partial charge < -0.3 is 4.42 Å². The lowest BCUT2D eigenvalue weighted by atomic mass is 10.1. The van der Waals surface area contributed by atoms with Gasteiger partial charge in [0.2, 0.25) is 0 Å². The molecule has 0 fully saturated rings. The quantitative estimate of drug-likeness (QED) is 0.744. The number of hydrogen-bond acceptors (Lipinski definition) is 1. The van der Waals surface area contributed by atoms with E-state index in [4.69, 9.17) is 16.0 Å². The second kappa shape index (κ2) is 4.75. The van der Waals surface area contributed by atoms with Gasteiger partial charge in [-0.05, 0) is 30.2 Å². The Kier molecular flexibility index (Phi) is 3.35. The van der Waals surface area contributed by atoms with E-state index in [9.17, 15) is 0 Å². The molecule has 1 aromatic carbocycles. The zero-order valence-corrected chi connectivity index (χ0v) is 10.3. The summed E-state index contributed by atoms with van der Waals surface area (Å²) in [5.74, 6) is 2.47. The molecule has 2 heteroatoms. The second-order valence-corrected chi connectivity index (χ2v) is 4.75. The molecule has 0 N–H and O–H groups in total. The van der Waals surface area contributed by atoms with Crippen LogP contribution in [0, 0.1) is 5.92 Å². The fraction of sp³-hybridized carbons (Fsp3) is 0.286. The highest BCUT2D eigenvalue weighted by atomic mass is 35.5. The van der Waals surface area contributed by atoms with Crippen molar-refractivity contribution in [1.82, 2.24) is 0 Å². The van der Waals surface area contributed by atoms with E-state index < -0.39 is 0 Å². The topological polar surface area (TPSA) is 13.1 Å². The Hall–Kier alpha value is -1.21. The summed E-state index contributed by atoms with van der Waals surface area (Å²) in [6.07, 6.45) is 0.963. The second-order valence-electron chi connectivity index (χ2n) is 4.34. The molecule has 0 radical (unpaired) electrons. The summed E-state index contributed by atoms with van der Waals surface area (Å²) in [4.78, 5) is 0. The molecule has 16 heavy (non-hydrogen) atoms. The lowest BCUT2D eigenvalue weighted by Crippen LogP contribution is -1.90. The van der Waals surface area contributed by atoms with Crippen LogP contribution in [0.4, 0.5) is 0 Å². The molecule has 0 aliphatic heterocycles. The third-order valence-electron chi connectivity index (χ3n) is 2.41. The molecule has 0 saturated carbocycles. The van der Waals surface area contributed by atoms with Crippen LogP contribution in [0.15, 0.2) is 40.8 Å². The molecule has 0 spiro atoms. The molecule has 0 unspecified atom stereocenters. The van der Waals surface area contributed by atoms with E-state index >= 15 is 0 Å². The molecule has 0 bridgehead atoms. The number of halogens is 1. The highest BCUT2D eigenvalue weighted by Gasteiger charge is 2.08. The Morgan fingerprint density at radius 3 is 2.56 bits per heavy atom. The van der Waals surface area contributed by atoms with E-state index in [1.54, 1.807) is 0 Å². The van der Waals surface area contributed by atoms with Crippen LogP contribution in [0.25, 0.3) is 11.3 Å². The van der Waals surface area contributed by atoms with Crippen LogP contribution in [0.1, 0.15) is 19.6 Å². The summed E-state index contributed by atoms with van der Waals surface area (Å²) >= 11 is 6.11. The maximum absolute atomic E-state index is 6.11. The molecule has 2 aromatic rings. The zero-order valence-electron chi connectivity index (χ0n) is 9.53. The van der Waals surface area contributed by atoms with Crippen molar-refractivity contribution >= 4 is 11.6 Å². The zero-order chi connectivity index (χ0) is 11.5. The molecule has 0 saturated heterocycles. The number of furan rings is 1. The molecule has 0 aliphatic rings. The highest BCUT2D eigenvalue weighted by molar-refractivity contribution is 6.33. The Bertz CT molecular complexity index is 471. The number of benzene rings is 1. The third kappa shape index (κ3) is 2.48. The summed E-state index contributed by atoms with van der Waals surface area (Å²) in [5.41, 5.74) is 0.958. The lowest BCUT2D eigenvalue weighted by Gasteiger charge is -2.01. The van der Waals surface area contributed by atoms with Crippen molar-refractivity contribution in [2.75, 3.05) is 0 Å². The van der Waals surface area contributed by atoms with Gasteiger partial charge in [0.05, 0.1) is 5.02 Å². The van der Waals surface area contributed by atoms with Crippen LogP contribution in [0.5, 0.6) is 0 Å². The van der Waals surface area contributed by atoms with Gasteiger partial charge in [-0.15, -0.1) is 0 Å². The maximum Gasteiger partial charge on any atom is 0.135 e. The molecule has 2 rings (SSSR count). The van der Waals surface area contributed by atoms with Gasteiger partial charge in [0.1, 0.15) is 11.5 Å². The minimum Gasteiger partial charge on any atom is -0.461 e. The third-order valence-corrected chi connectivity index (χ3v) is 2.74. The van der Waals surface area contributed by atoms with Crippen LogP contribution in [0.2, 0.25) is 5.02 Å². The average molecular weight is 235 g/mol. The van der Waals surface area contributed by atoms with E-state index in [0.29, 0.717) is 5.92 Å². The molecule has 0 amide bonds. The van der Waals surface area contributed by atoms with Crippen LogP contribution < -0.4 is 0 Å². The van der Waals surface area contributed by atoms with Crippen LogP contribution in [0.3, 0.4) is 0 Å². The Balaban J connectivity index is 2.28. The van der Waals surface area contributed by atoms with Gasteiger partial charge in [-0.2, -0.15) is 0 Å². The standard InChI is InChI=1S/C14H15ClO/c1-10(2)9-11-7-8-14(16-11)12-5-3-4-6-13(12)15/h3-8,10H,9H2,1-2H3. The molecule has 1 nitrogen and oxygen atoms in total. The first kappa shape index (κ1) is 11.3. The molecular formula is C14H15ClO. The van der Waals surface area contributed by atoms with E-state index in [-0.39, 0.29) is 0 Å². The first-order valence-electron chi connectivity index (χ1n) is 5.50. The van der Waals surface area contributed by atoms with E-state index in [1.807, 2.05) is 36.4 Å². The fourth-order valence-electron chi connectivity index (χ4n) is 1.70. The van der Waals surface area contributed by atoms with Gasteiger partial charge >= 0.3 is 0 Å². The predicted octanol–water partition coefficient (Wildman–Crippen LogP) is 4.80. The van der Waals surface area contributed by atoms with Crippen LogP contribution >= 0.6 is 11.6 Å². The first-order valence-corrected chi connectivity index (χ1v) is 5.88. The Morgan fingerprint density at radius 1 is 1.12 bits per heavy atom. The van der Waals surface area contributed by atoms with Crippen LogP contribution in [-0.4, -0.2) is 0 Å². The first-order chi connectivity index (χ1) is 7.66. The van der Waals surface area contributed by atoms with Crippen LogP contribution in [-0.2, 0) is 6.42 Å². The monoisotopic (exact) mass is 234 g/mol. The Morgan fingerprint density at radius 2 is 1.88 bits per heavy atom. The van der Waals surface area contributed by atoms with E-state index in [2.05, 4.69) is 13.8 Å². The van der Waals surface area contributed by atoms with Crippen molar-refractivity contribution < 1.29 is 4.42 Å². The minimum atomic E-state index is 0.602. The summed E-state index contributed by atoms with van der Waals surface area (Å²) in [7, 11) is 0. The molecular weight excluding hydrogens is 220 g/mol. The smallest absolute Gasteiger partial charge is 0.135 e. The molecule has 1 heterocycles. The van der Waals surface area contributed by atoms with Gasteiger partial charge in [-0.3, -0.25) is 0 Å². The molecule has 1 aromatic heterocycles. The number of hydrogen-bond donors (Lipinski definition) is 0. The van der Waals surface area contributed by atoms with Crippen molar-refractivity contribution in [3.05, 3.63) is 47.2 Å². The van der Waals surface area contributed by atoms with E-state index in [0.717, 1.165) is 28.5 Å². The summed E-state index contributed by atoms with van der Waals surface area (Å²) in [6, 6.07) is 11.7. The SMILES string of the molecule is CC(C)Cc1ccc(-c2ccccc2Cl)o1. The van der Waals surface area contributed by atoms with Crippen molar-refractivity contribution in [2.45, 2.75) is 20.3 Å². The summed E-state index contributed by atoms with van der Waals surface area (Å²) in [5, 5.41) is 0.730. The normalized spacial score (nSPS) is 11.0. The van der Waals surface area contributed by atoms with Crippen molar-refractivity contribution in [2.24, 2.45) is 5.92 Å². The van der Waals surface area contributed by atoms with Gasteiger partial charge in [0, 0.05) is 12.0 Å². The van der Waals surface area contributed by atoms with Crippen molar-refractivity contribution in [3.8, 4) is 11.3 Å². The van der Waals surface area contributed by atoms with Gasteiger partial charge in [-0.25, -0.2) is 0 Å². The summed E-state index contributed by atoms with van der Waals surface area (Å²) < 4.78 is 5.78. The summed E-state index contributed by atoms with van der Waals surface area (Å²) in [6.45, 7) is 4.36. The Labute approximate surface area is 101 Å². The van der Waals surface area contributed by atoms with Gasteiger partial charge in [0.15, 0.2) is 0 Å².